The van der Waals surface area contributed by atoms with Gasteiger partial charge in [-0.25, -0.2) is 0 Å². The van der Waals surface area contributed by atoms with E-state index in [0.717, 1.165) is 25.3 Å². The summed E-state index contributed by atoms with van der Waals surface area (Å²) in [4.78, 5) is 0. The molecule has 0 fully saturated rings. The fraction of sp³-hybridized carbons (Fsp3) is 0.429. The van der Waals surface area contributed by atoms with Crippen LogP contribution >= 0.6 is 0 Å². The molecule has 2 heterocycles. The number of hydrogen-bond donors (Lipinski definition) is 1. The maximum Gasteiger partial charge on any atom is 0.119 e. The van der Waals surface area contributed by atoms with Crippen molar-refractivity contribution < 1.29 is 4.74 Å². The number of hydrogen-bond acceptors (Lipinski definition) is 2. The van der Waals surface area contributed by atoms with Crippen LogP contribution in [0.2, 0.25) is 0 Å². The number of benzene rings is 1. The van der Waals surface area contributed by atoms with Crippen LogP contribution in [0.15, 0.2) is 12.1 Å². The van der Waals surface area contributed by atoms with Gasteiger partial charge in [0.2, 0.25) is 0 Å². The Labute approximate surface area is 101 Å². The highest BCUT2D eigenvalue weighted by molar-refractivity contribution is 5.89. The van der Waals surface area contributed by atoms with Crippen LogP contribution in [0, 0.1) is 6.92 Å². The third-order valence-electron chi connectivity index (χ3n) is 3.77. The van der Waals surface area contributed by atoms with Gasteiger partial charge in [0.05, 0.1) is 12.6 Å². The van der Waals surface area contributed by atoms with E-state index in [2.05, 4.69) is 36.0 Å². The summed E-state index contributed by atoms with van der Waals surface area (Å²) in [6.07, 6.45) is 1.11. The van der Waals surface area contributed by atoms with Crippen molar-refractivity contribution in [3.05, 3.63) is 29.0 Å². The first-order valence-electron chi connectivity index (χ1n) is 6.08. The average molecular weight is 230 g/mol. The molecule has 0 amide bonds. The number of ether oxygens (including phenoxy) is 1. The standard InChI is InChI=1S/C14H18N2O/c1-9-6-10(17-3)7-12-11-4-5-15-8-13(11)16(2)14(9)12/h6-7,15H,4-5,8H2,1-3H3. The molecule has 0 radical (unpaired) electrons. The van der Waals surface area contributed by atoms with Gasteiger partial charge in [0.15, 0.2) is 0 Å². The summed E-state index contributed by atoms with van der Waals surface area (Å²) in [6, 6.07) is 4.29. The molecule has 0 saturated heterocycles. The Hall–Kier alpha value is -1.48. The minimum Gasteiger partial charge on any atom is -0.497 e. The highest BCUT2D eigenvalue weighted by Gasteiger charge is 2.19. The number of nitrogens with one attached hydrogen (secondary N) is 1. The maximum atomic E-state index is 5.38. The molecule has 0 unspecified atom stereocenters. The number of rotatable bonds is 1. The Morgan fingerprint density at radius 1 is 1.35 bits per heavy atom. The van der Waals surface area contributed by atoms with Crippen LogP contribution in [0.1, 0.15) is 16.8 Å². The molecule has 3 heteroatoms. The van der Waals surface area contributed by atoms with Crippen LogP contribution in [-0.2, 0) is 20.0 Å². The van der Waals surface area contributed by atoms with Gasteiger partial charge in [0.1, 0.15) is 5.75 Å². The average Bonchev–Trinajstić information content (AvgIpc) is 2.64. The Balaban J connectivity index is 2.38. The van der Waals surface area contributed by atoms with E-state index in [1.165, 1.54) is 27.7 Å². The molecule has 2 aromatic rings. The van der Waals surface area contributed by atoms with Crippen molar-refractivity contribution in [1.29, 1.82) is 0 Å². The van der Waals surface area contributed by atoms with Crippen molar-refractivity contribution >= 4 is 10.9 Å². The van der Waals surface area contributed by atoms with Crippen molar-refractivity contribution in [2.24, 2.45) is 7.05 Å². The highest BCUT2D eigenvalue weighted by Crippen LogP contribution is 2.33. The highest BCUT2D eigenvalue weighted by atomic mass is 16.5. The minimum absolute atomic E-state index is 0.960. The maximum absolute atomic E-state index is 5.38. The second kappa shape index (κ2) is 3.77. The topological polar surface area (TPSA) is 26.2 Å². The zero-order valence-corrected chi connectivity index (χ0v) is 10.6. The Morgan fingerprint density at radius 2 is 2.18 bits per heavy atom. The smallest absolute Gasteiger partial charge is 0.119 e. The molecule has 0 atom stereocenters. The third kappa shape index (κ3) is 1.46. The van der Waals surface area contributed by atoms with Crippen LogP contribution in [0.5, 0.6) is 5.75 Å². The van der Waals surface area contributed by atoms with Gasteiger partial charge in [-0.05, 0) is 43.1 Å². The Kier molecular flexibility index (Phi) is 2.37. The molecule has 1 aliphatic rings. The molecule has 0 saturated carbocycles. The van der Waals surface area contributed by atoms with E-state index in [1.54, 1.807) is 7.11 Å². The van der Waals surface area contributed by atoms with Crippen LogP contribution in [0.4, 0.5) is 0 Å². The lowest BCUT2D eigenvalue weighted by molar-refractivity contribution is 0.415. The number of nitrogens with zero attached hydrogens (tertiary/aromatic N) is 1. The summed E-state index contributed by atoms with van der Waals surface area (Å²) in [7, 11) is 3.89. The SMILES string of the molecule is COc1cc(C)c2c(c1)c1c(n2C)CNCC1. The van der Waals surface area contributed by atoms with Crippen molar-refractivity contribution in [2.75, 3.05) is 13.7 Å². The van der Waals surface area contributed by atoms with E-state index in [9.17, 15) is 0 Å². The van der Waals surface area contributed by atoms with Crippen molar-refractivity contribution in [1.82, 2.24) is 9.88 Å². The lowest BCUT2D eigenvalue weighted by atomic mass is 10.0. The molecule has 90 valence electrons. The summed E-state index contributed by atoms with van der Waals surface area (Å²) in [5.74, 6) is 0.960. The molecule has 0 bridgehead atoms. The second-order valence-corrected chi connectivity index (χ2v) is 4.75. The molecule has 3 nitrogen and oxygen atoms in total. The van der Waals surface area contributed by atoms with Gasteiger partial charge < -0.3 is 14.6 Å². The van der Waals surface area contributed by atoms with Crippen LogP contribution in [-0.4, -0.2) is 18.2 Å². The Morgan fingerprint density at radius 3 is 2.94 bits per heavy atom. The largest absolute Gasteiger partial charge is 0.497 e. The van der Waals surface area contributed by atoms with Crippen LogP contribution in [0.25, 0.3) is 10.9 Å². The molecule has 1 aromatic heterocycles. The van der Waals surface area contributed by atoms with Gasteiger partial charge >= 0.3 is 0 Å². The van der Waals surface area contributed by atoms with Crippen molar-refractivity contribution in [3.8, 4) is 5.75 Å². The number of aryl methyl sites for hydroxylation is 2. The van der Waals surface area contributed by atoms with E-state index in [1.807, 2.05) is 0 Å². The quantitative estimate of drug-likeness (QED) is 0.812. The van der Waals surface area contributed by atoms with E-state index >= 15 is 0 Å². The first-order valence-corrected chi connectivity index (χ1v) is 6.08. The lowest BCUT2D eigenvalue weighted by Crippen LogP contribution is -2.24. The molecule has 0 aliphatic carbocycles. The zero-order chi connectivity index (χ0) is 12.0. The molecule has 3 rings (SSSR count). The molecular weight excluding hydrogens is 212 g/mol. The molecule has 17 heavy (non-hydrogen) atoms. The van der Waals surface area contributed by atoms with E-state index < -0.39 is 0 Å². The summed E-state index contributed by atoms with van der Waals surface area (Å²) < 4.78 is 7.70. The second-order valence-electron chi connectivity index (χ2n) is 4.75. The predicted octanol–water partition coefficient (Wildman–Crippen LogP) is 2.14. The fourth-order valence-electron chi connectivity index (χ4n) is 2.96. The van der Waals surface area contributed by atoms with Crippen molar-refractivity contribution in [2.45, 2.75) is 19.9 Å². The Bertz CT molecular complexity index is 584. The van der Waals surface area contributed by atoms with Crippen molar-refractivity contribution in [3.63, 3.8) is 0 Å². The minimum atomic E-state index is 0.960. The first-order chi connectivity index (χ1) is 8.22. The normalized spacial score (nSPS) is 15.0. The molecule has 1 aliphatic heterocycles. The van der Waals surface area contributed by atoms with Gasteiger partial charge in [-0.15, -0.1) is 0 Å². The predicted molar refractivity (Wildman–Crippen MR) is 69.6 cm³/mol. The monoisotopic (exact) mass is 230 g/mol. The lowest BCUT2D eigenvalue weighted by Gasteiger charge is -2.14. The number of aromatic nitrogens is 1. The molecule has 1 N–H and O–H groups in total. The summed E-state index contributed by atoms with van der Waals surface area (Å²) in [6.45, 7) is 4.20. The summed E-state index contributed by atoms with van der Waals surface area (Å²) in [5, 5.41) is 4.80. The third-order valence-corrected chi connectivity index (χ3v) is 3.77. The summed E-state index contributed by atoms with van der Waals surface area (Å²) >= 11 is 0. The van der Waals surface area contributed by atoms with E-state index in [-0.39, 0.29) is 0 Å². The first kappa shape index (κ1) is 10.7. The molecular formula is C14H18N2O. The molecule has 0 spiro atoms. The summed E-state index contributed by atoms with van der Waals surface area (Å²) in [5.41, 5.74) is 5.54. The number of methoxy groups -OCH3 is 1. The van der Waals surface area contributed by atoms with Gasteiger partial charge in [0.25, 0.3) is 0 Å². The molecule has 1 aromatic carbocycles. The van der Waals surface area contributed by atoms with E-state index in [0.29, 0.717) is 0 Å². The van der Waals surface area contributed by atoms with Gasteiger partial charge in [-0.2, -0.15) is 0 Å². The number of fused-ring (bicyclic) bond motifs is 3. The van der Waals surface area contributed by atoms with Gasteiger partial charge in [0, 0.05) is 24.7 Å². The zero-order valence-electron chi connectivity index (χ0n) is 10.6. The van der Waals surface area contributed by atoms with Gasteiger partial charge in [-0.1, -0.05) is 0 Å². The van der Waals surface area contributed by atoms with Crippen LogP contribution < -0.4 is 10.1 Å². The van der Waals surface area contributed by atoms with E-state index in [4.69, 9.17) is 4.74 Å². The van der Waals surface area contributed by atoms with Gasteiger partial charge in [-0.3, -0.25) is 0 Å². The van der Waals surface area contributed by atoms with Crippen LogP contribution in [0.3, 0.4) is 0 Å². The fourth-order valence-corrected chi connectivity index (χ4v) is 2.96.